The number of hydrogen-bond acceptors (Lipinski definition) is 2. The Morgan fingerprint density at radius 1 is 1.44 bits per heavy atom. The van der Waals surface area contributed by atoms with Gasteiger partial charge in [-0.15, -0.1) is 0 Å². The lowest BCUT2D eigenvalue weighted by molar-refractivity contribution is -0.141. The number of carboxylic acids is 1. The number of ketones is 1. The van der Waals surface area contributed by atoms with Crippen molar-refractivity contribution in [3.8, 4) is 0 Å². The molecule has 1 unspecified atom stereocenters. The summed E-state index contributed by atoms with van der Waals surface area (Å²) in [5.41, 5.74) is 1.61. The van der Waals surface area contributed by atoms with Crippen molar-refractivity contribution in [3.05, 3.63) is 33.8 Å². The van der Waals surface area contributed by atoms with Crippen molar-refractivity contribution >= 4 is 27.7 Å². The zero-order chi connectivity index (χ0) is 11.7. The topological polar surface area (TPSA) is 54.4 Å². The van der Waals surface area contributed by atoms with Crippen LogP contribution in [0.25, 0.3) is 0 Å². The first-order valence-corrected chi connectivity index (χ1v) is 5.92. The molecular weight excluding hydrogens is 272 g/mol. The third-order valence-electron chi connectivity index (χ3n) is 2.94. The van der Waals surface area contributed by atoms with Gasteiger partial charge in [-0.05, 0) is 24.5 Å². The van der Waals surface area contributed by atoms with E-state index in [4.69, 9.17) is 5.11 Å². The highest BCUT2D eigenvalue weighted by molar-refractivity contribution is 9.10. The van der Waals surface area contributed by atoms with Gasteiger partial charge in [-0.3, -0.25) is 9.59 Å². The second-order valence-electron chi connectivity index (χ2n) is 3.97. The highest BCUT2D eigenvalue weighted by atomic mass is 79.9. The molecule has 1 aliphatic carbocycles. The van der Waals surface area contributed by atoms with Gasteiger partial charge in [0.2, 0.25) is 0 Å². The summed E-state index contributed by atoms with van der Waals surface area (Å²) in [5, 5.41) is 8.97. The summed E-state index contributed by atoms with van der Waals surface area (Å²) in [4.78, 5) is 22.8. The molecule has 0 aromatic heterocycles. The summed E-state index contributed by atoms with van der Waals surface area (Å²) in [6.07, 6.45) is 1.27. The Hall–Kier alpha value is -1.16. The van der Waals surface area contributed by atoms with Crippen LogP contribution in [0.1, 0.15) is 28.8 Å². The standard InChI is InChI=1S/C12H11BrO3/c13-10-3-1-2-9-8(10)5-4-7(12(15)16)6-11(9)14/h1-3,7H,4-6H2,(H,15,16). The maximum atomic E-state index is 11.9. The Morgan fingerprint density at radius 3 is 2.88 bits per heavy atom. The molecule has 0 amide bonds. The molecule has 0 bridgehead atoms. The molecule has 1 atom stereocenters. The zero-order valence-corrected chi connectivity index (χ0v) is 10.2. The van der Waals surface area contributed by atoms with E-state index in [1.807, 2.05) is 12.1 Å². The van der Waals surface area contributed by atoms with Crippen molar-refractivity contribution in [1.82, 2.24) is 0 Å². The summed E-state index contributed by atoms with van der Waals surface area (Å²) in [6.45, 7) is 0. The molecule has 0 spiro atoms. The number of rotatable bonds is 1. The average molecular weight is 283 g/mol. The SMILES string of the molecule is O=C1CC(C(=O)O)CCc2c(Br)cccc21. The van der Waals surface area contributed by atoms with Gasteiger partial charge in [-0.1, -0.05) is 28.1 Å². The van der Waals surface area contributed by atoms with Gasteiger partial charge in [0, 0.05) is 16.5 Å². The van der Waals surface area contributed by atoms with E-state index in [0.29, 0.717) is 18.4 Å². The van der Waals surface area contributed by atoms with Crippen LogP contribution in [0.3, 0.4) is 0 Å². The van der Waals surface area contributed by atoms with Crippen LogP contribution < -0.4 is 0 Å². The monoisotopic (exact) mass is 282 g/mol. The summed E-state index contributed by atoms with van der Waals surface area (Å²) in [6, 6.07) is 5.46. The molecule has 0 aliphatic heterocycles. The molecule has 0 heterocycles. The number of carbonyl (C=O) groups excluding carboxylic acids is 1. The third-order valence-corrected chi connectivity index (χ3v) is 3.69. The Labute approximate surface area is 102 Å². The largest absolute Gasteiger partial charge is 0.481 e. The first-order valence-electron chi connectivity index (χ1n) is 5.13. The normalized spacial score (nSPS) is 20.1. The number of fused-ring (bicyclic) bond motifs is 1. The number of carboxylic acid groups (broad SMARTS) is 1. The predicted molar refractivity (Wildman–Crippen MR) is 62.5 cm³/mol. The Morgan fingerprint density at radius 2 is 2.19 bits per heavy atom. The van der Waals surface area contributed by atoms with Crippen LogP contribution in [0.15, 0.2) is 22.7 Å². The van der Waals surface area contributed by atoms with E-state index >= 15 is 0 Å². The summed E-state index contributed by atoms with van der Waals surface area (Å²) in [5.74, 6) is -1.50. The fraction of sp³-hybridized carbons (Fsp3) is 0.333. The van der Waals surface area contributed by atoms with E-state index in [1.165, 1.54) is 0 Å². The van der Waals surface area contributed by atoms with Crippen LogP contribution in [0.2, 0.25) is 0 Å². The van der Waals surface area contributed by atoms with Crippen molar-refractivity contribution in [1.29, 1.82) is 0 Å². The second-order valence-corrected chi connectivity index (χ2v) is 4.82. The molecule has 0 radical (unpaired) electrons. The van der Waals surface area contributed by atoms with Crippen LogP contribution in [-0.4, -0.2) is 16.9 Å². The minimum Gasteiger partial charge on any atom is -0.481 e. The highest BCUT2D eigenvalue weighted by Crippen LogP contribution is 2.29. The molecule has 1 N–H and O–H groups in total. The third kappa shape index (κ3) is 2.02. The van der Waals surface area contributed by atoms with Gasteiger partial charge < -0.3 is 5.11 Å². The lowest BCUT2D eigenvalue weighted by Gasteiger charge is -2.06. The number of aliphatic carboxylic acids is 1. The number of carbonyl (C=O) groups is 2. The molecule has 0 fully saturated rings. The molecule has 1 aliphatic rings. The van der Waals surface area contributed by atoms with E-state index < -0.39 is 11.9 Å². The minimum absolute atomic E-state index is 0.0683. The van der Waals surface area contributed by atoms with Crippen molar-refractivity contribution in [2.45, 2.75) is 19.3 Å². The van der Waals surface area contributed by atoms with Gasteiger partial charge in [0.25, 0.3) is 0 Å². The summed E-state index contributed by atoms with van der Waals surface area (Å²) in [7, 11) is 0. The Kier molecular flexibility index (Phi) is 3.10. The fourth-order valence-electron chi connectivity index (χ4n) is 2.04. The van der Waals surface area contributed by atoms with Crippen LogP contribution in [-0.2, 0) is 11.2 Å². The molecule has 1 aromatic carbocycles. The zero-order valence-electron chi connectivity index (χ0n) is 8.57. The summed E-state index contributed by atoms with van der Waals surface area (Å²) >= 11 is 3.40. The molecule has 2 rings (SSSR count). The van der Waals surface area contributed by atoms with Crippen LogP contribution >= 0.6 is 15.9 Å². The van der Waals surface area contributed by atoms with Gasteiger partial charge in [0.15, 0.2) is 5.78 Å². The van der Waals surface area contributed by atoms with Crippen LogP contribution in [0.4, 0.5) is 0 Å². The average Bonchev–Trinajstić information content (AvgIpc) is 2.40. The summed E-state index contributed by atoms with van der Waals surface area (Å²) < 4.78 is 0.893. The predicted octanol–water partition coefficient (Wildman–Crippen LogP) is 2.67. The first kappa shape index (κ1) is 11.3. The minimum atomic E-state index is -0.878. The molecule has 3 nitrogen and oxygen atoms in total. The van der Waals surface area contributed by atoms with Gasteiger partial charge in [0.1, 0.15) is 0 Å². The molecule has 0 saturated carbocycles. The van der Waals surface area contributed by atoms with Crippen molar-refractivity contribution in [2.24, 2.45) is 5.92 Å². The lowest BCUT2D eigenvalue weighted by atomic mass is 9.99. The number of hydrogen-bond donors (Lipinski definition) is 1. The van der Waals surface area contributed by atoms with E-state index in [-0.39, 0.29) is 12.2 Å². The lowest BCUT2D eigenvalue weighted by Crippen LogP contribution is -2.16. The van der Waals surface area contributed by atoms with Crippen molar-refractivity contribution < 1.29 is 14.7 Å². The number of halogens is 1. The van der Waals surface area contributed by atoms with Gasteiger partial charge >= 0.3 is 5.97 Å². The van der Waals surface area contributed by atoms with Crippen molar-refractivity contribution in [2.75, 3.05) is 0 Å². The van der Waals surface area contributed by atoms with Crippen molar-refractivity contribution in [3.63, 3.8) is 0 Å². The Balaban J connectivity index is 2.39. The molecule has 0 saturated heterocycles. The van der Waals surface area contributed by atoms with E-state index in [9.17, 15) is 9.59 Å². The Bertz CT molecular complexity index is 454. The van der Waals surface area contributed by atoms with E-state index in [2.05, 4.69) is 15.9 Å². The highest BCUT2D eigenvalue weighted by Gasteiger charge is 2.27. The first-order chi connectivity index (χ1) is 7.59. The molecule has 84 valence electrons. The van der Waals surface area contributed by atoms with E-state index in [0.717, 1.165) is 10.0 Å². The molecule has 4 heteroatoms. The quantitative estimate of drug-likeness (QED) is 0.806. The van der Waals surface area contributed by atoms with Gasteiger partial charge in [-0.2, -0.15) is 0 Å². The van der Waals surface area contributed by atoms with Crippen LogP contribution in [0.5, 0.6) is 0 Å². The maximum absolute atomic E-state index is 11.9. The molecular formula is C12H11BrO3. The molecule has 1 aromatic rings. The maximum Gasteiger partial charge on any atom is 0.306 e. The van der Waals surface area contributed by atoms with Crippen LogP contribution in [0, 0.1) is 5.92 Å². The van der Waals surface area contributed by atoms with E-state index in [1.54, 1.807) is 6.07 Å². The molecule has 16 heavy (non-hydrogen) atoms. The number of Topliss-reactive ketones (excluding diaryl/α,β-unsaturated/α-hetero) is 1. The van der Waals surface area contributed by atoms with Gasteiger partial charge in [0.05, 0.1) is 5.92 Å². The number of benzene rings is 1. The fourth-order valence-corrected chi connectivity index (χ4v) is 2.60. The van der Waals surface area contributed by atoms with Gasteiger partial charge in [-0.25, -0.2) is 0 Å². The second kappa shape index (κ2) is 4.37. The smallest absolute Gasteiger partial charge is 0.306 e.